The summed E-state index contributed by atoms with van der Waals surface area (Å²) in [6.45, 7) is 7.55. The molecule has 1 saturated heterocycles. The van der Waals surface area contributed by atoms with Gasteiger partial charge in [0, 0.05) is 13.1 Å². The topological polar surface area (TPSA) is 29.5 Å². The number of ether oxygens (including phenoxy) is 1. The van der Waals surface area contributed by atoms with Crippen molar-refractivity contribution in [1.82, 2.24) is 4.90 Å². The van der Waals surface area contributed by atoms with Crippen LogP contribution in [0, 0.1) is 11.8 Å². The zero-order valence-corrected chi connectivity index (χ0v) is 8.54. The van der Waals surface area contributed by atoms with E-state index in [1.54, 1.807) is 0 Å². The van der Waals surface area contributed by atoms with Crippen LogP contribution >= 0.6 is 0 Å². The summed E-state index contributed by atoms with van der Waals surface area (Å²) < 4.78 is 5.28. The van der Waals surface area contributed by atoms with E-state index in [1.807, 2.05) is 25.7 Å². The lowest BCUT2D eigenvalue weighted by Gasteiger charge is -2.25. The lowest BCUT2D eigenvalue weighted by molar-refractivity contribution is 0.0274. The number of amides is 1. The third-order valence-corrected chi connectivity index (χ3v) is 2.63. The first-order valence-corrected chi connectivity index (χ1v) is 4.93. The fourth-order valence-electron chi connectivity index (χ4n) is 1.87. The van der Waals surface area contributed by atoms with E-state index in [0.717, 1.165) is 24.9 Å². The number of piperidine rings is 1. The molecule has 2 rings (SSSR count). The Labute approximate surface area is 79.0 Å². The molecular formula is C10H17NO2. The second kappa shape index (κ2) is 2.63. The van der Waals surface area contributed by atoms with Crippen LogP contribution in [0.5, 0.6) is 0 Å². The molecule has 0 unspecified atom stereocenters. The summed E-state index contributed by atoms with van der Waals surface area (Å²) >= 11 is 0. The zero-order chi connectivity index (χ0) is 9.64. The highest BCUT2D eigenvalue weighted by Gasteiger charge is 2.47. The van der Waals surface area contributed by atoms with Gasteiger partial charge in [0.2, 0.25) is 0 Å². The van der Waals surface area contributed by atoms with Gasteiger partial charge in [-0.2, -0.15) is 0 Å². The second-order valence-corrected chi connectivity index (χ2v) is 5.14. The average molecular weight is 183 g/mol. The Kier molecular flexibility index (Phi) is 1.79. The molecule has 0 radical (unpaired) electrons. The molecule has 1 heterocycles. The normalized spacial score (nSPS) is 31.5. The van der Waals surface area contributed by atoms with Crippen molar-refractivity contribution in [1.29, 1.82) is 0 Å². The van der Waals surface area contributed by atoms with Crippen LogP contribution < -0.4 is 0 Å². The molecule has 0 N–H and O–H groups in total. The summed E-state index contributed by atoms with van der Waals surface area (Å²) in [5.74, 6) is 1.57. The molecule has 1 saturated carbocycles. The Bertz CT molecular complexity index is 222. The van der Waals surface area contributed by atoms with Crippen molar-refractivity contribution >= 4 is 6.09 Å². The number of nitrogens with zero attached hydrogens (tertiary/aromatic N) is 1. The summed E-state index contributed by atoms with van der Waals surface area (Å²) in [6, 6.07) is 0. The van der Waals surface area contributed by atoms with Gasteiger partial charge in [-0.05, 0) is 39.0 Å². The lowest BCUT2D eigenvalue weighted by Crippen LogP contribution is -2.36. The molecule has 2 aliphatic rings. The lowest BCUT2D eigenvalue weighted by atomic mass is 10.2. The summed E-state index contributed by atoms with van der Waals surface area (Å²) in [5.41, 5.74) is -0.357. The minimum absolute atomic E-state index is 0.139. The third kappa shape index (κ3) is 1.95. The van der Waals surface area contributed by atoms with Crippen molar-refractivity contribution in [3.63, 3.8) is 0 Å². The molecule has 0 aromatic heterocycles. The van der Waals surface area contributed by atoms with Crippen LogP contribution in [-0.4, -0.2) is 29.7 Å². The number of hydrogen-bond donors (Lipinski definition) is 0. The van der Waals surface area contributed by atoms with Crippen molar-refractivity contribution in [2.45, 2.75) is 32.8 Å². The molecular weight excluding hydrogens is 166 g/mol. The summed E-state index contributed by atoms with van der Waals surface area (Å²) in [7, 11) is 0. The Morgan fingerprint density at radius 1 is 1.31 bits per heavy atom. The maximum atomic E-state index is 11.5. The number of fused-ring (bicyclic) bond motifs is 1. The van der Waals surface area contributed by atoms with Crippen LogP contribution in [0.25, 0.3) is 0 Å². The Hall–Kier alpha value is -0.730. The SMILES string of the molecule is CC(C)(C)OC(=O)N1C[C@H]2C[C@H]2C1. The van der Waals surface area contributed by atoms with Crippen molar-refractivity contribution in [3.8, 4) is 0 Å². The maximum Gasteiger partial charge on any atom is 0.410 e. The molecule has 0 aromatic carbocycles. The Morgan fingerprint density at radius 2 is 1.85 bits per heavy atom. The highest BCUT2D eigenvalue weighted by molar-refractivity contribution is 5.68. The van der Waals surface area contributed by atoms with Gasteiger partial charge in [0.25, 0.3) is 0 Å². The second-order valence-electron chi connectivity index (χ2n) is 5.14. The minimum atomic E-state index is -0.357. The number of rotatable bonds is 0. The van der Waals surface area contributed by atoms with Gasteiger partial charge in [-0.25, -0.2) is 4.79 Å². The van der Waals surface area contributed by atoms with E-state index in [4.69, 9.17) is 4.74 Å². The van der Waals surface area contributed by atoms with Gasteiger partial charge in [0.15, 0.2) is 0 Å². The Morgan fingerprint density at radius 3 is 2.31 bits per heavy atom. The van der Waals surface area contributed by atoms with Crippen LogP contribution in [0.2, 0.25) is 0 Å². The highest BCUT2D eigenvalue weighted by atomic mass is 16.6. The van der Waals surface area contributed by atoms with E-state index in [-0.39, 0.29) is 11.7 Å². The molecule has 3 heteroatoms. The van der Waals surface area contributed by atoms with Gasteiger partial charge in [-0.1, -0.05) is 0 Å². The number of carbonyl (C=O) groups excluding carboxylic acids is 1. The summed E-state index contributed by atoms with van der Waals surface area (Å²) in [6.07, 6.45) is 1.18. The van der Waals surface area contributed by atoms with Crippen LogP contribution in [0.4, 0.5) is 4.79 Å². The average Bonchev–Trinajstić information content (AvgIpc) is 2.55. The van der Waals surface area contributed by atoms with E-state index in [0.29, 0.717) is 0 Å². The van der Waals surface area contributed by atoms with Crippen LogP contribution in [-0.2, 0) is 4.74 Å². The molecule has 74 valence electrons. The monoisotopic (exact) mass is 183 g/mol. The molecule has 0 aromatic rings. The number of likely N-dealkylation sites (tertiary alicyclic amines) is 1. The first-order chi connectivity index (χ1) is 5.96. The molecule has 2 atom stereocenters. The largest absolute Gasteiger partial charge is 0.444 e. The minimum Gasteiger partial charge on any atom is -0.444 e. The fraction of sp³-hybridized carbons (Fsp3) is 0.900. The predicted molar refractivity (Wildman–Crippen MR) is 49.4 cm³/mol. The van der Waals surface area contributed by atoms with Crippen LogP contribution in [0.1, 0.15) is 27.2 Å². The number of hydrogen-bond acceptors (Lipinski definition) is 2. The van der Waals surface area contributed by atoms with Gasteiger partial charge in [0.05, 0.1) is 0 Å². The zero-order valence-electron chi connectivity index (χ0n) is 8.54. The molecule has 1 aliphatic heterocycles. The fourth-order valence-corrected chi connectivity index (χ4v) is 1.87. The molecule has 1 amide bonds. The predicted octanol–water partition coefficient (Wildman–Crippen LogP) is 1.87. The summed E-state index contributed by atoms with van der Waals surface area (Å²) in [4.78, 5) is 13.4. The van der Waals surface area contributed by atoms with Crippen molar-refractivity contribution in [3.05, 3.63) is 0 Å². The van der Waals surface area contributed by atoms with Crippen LogP contribution in [0.3, 0.4) is 0 Å². The molecule has 0 spiro atoms. The van der Waals surface area contributed by atoms with Gasteiger partial charge in [-0.15, -0.1) is 0 Å². The number of carbonyl (C=O) groups is 1. The van der Waals surface area contributed by atoms with E-state index in [1.165, 1.54) is 6.42 Å². The Balaban J connectivity index is 1.84. The first kappa shape index (κ1) is 8.85. The standard InChI is InChI=1S/C10H17NO2/c1-10(2,3)13-9(12)11-5-7-4-8(7)6-11/h7-8H,4-6H2,1-3H3/t7-,8+. The van der Waals surface area contributed by atoms with E-state index in [9.17, 15) is 4.79 Å². The third-order valence-electron chi connectivity index (χ3n) is 2.63. The van der Waals surface area contributed by atoms with E-state index < -0.39 is 0 Å². The van der Waals surface area contributed by atoms with Crippen molar-refractivity contribution in [2.75, 3.05) is 13.1 Å². The first-order valence-electron chi connectivity index (χ1n) is 4.93. The quantitative estimate of drug-likeness (QED) is 0.574. The molecule has 3 nitrogen and oxygen atoms in total. The highest BCUT2D eigenvalue weighted by Crippen LogP contribution is 2.45. The smallest absolute Gasteiger partial charge is 0.410 e. The van der Waals surface area contributed by atoms with Crippen molar-refractivity contribution in [2.24, 2.45) is 11.8 Å². The van der Waals surface area contributed by atoms with E-state index in [2.05, 4.69) is 0 Å². The summed E-state index contributed by atoms with van der Waals surface area (Å²) in [5, 5.41) is 0. The maximum absolute atomic E-state index is 11.5. The van der Waals surface area contributed by atoms with E-state index >= 15 is 0 Å². The van der Waals surface area contributed by atoms with Crippen molar-refractivity contribution < 1.29 is 9.53 Å². The molecule has 1 aliphatic carbocycles. The van der Waals surface area contributed by atoms with Gasteiger partial charge >= 0.3 is 6.09 Å². The van der Waals surface area contributed by atoms with Gasteiger partial charge < -0.3 is 9.64 Å². The molecule has 0 bridgehead atoms. The van der Waals surface area contributed by atoms with Gasteiger partial charge in [-0.3, -0.25) is 0 Å². The van der Waals surface area contributed by atoms with Gasteiger partial charge in [0.1, 0.15) is 5.60 Å². The molecule has 2 fully saturated rings. The van der Waals surface area contributed by atoms with Crippen LogP contribution in [0.15, 0.2) is 0 Å². The molecule has 13 heavy (non-hydrogen) atoms.